The molecule has 0 spiro atoms. The summed E-state index contributed by atoms with van der Waals surface area (Å²) in [6.45, 7) is 6.59. The van der Waals surface area contributed by atoms with E-state index in [4.69, 9.17) is 5.73 Å². The molecule has 0 saturated heterocycles. The van der Waals surface area contributed by atoms with E-state index in [9.17, 15) is 4.21 Å². The second-order valence-corrected chi connectivity index (χ2v) is 8.34. The highest BCUT2D eigenvalue weighted by atomic mass is 32.2. The van der Waals surface area contributed by atoms with Crippen molar-refractivity contribution in [3.05, 3.63) is 29.8 Å². The third-order valence-electron chi connectivity index (χ3n) is 3.97. The Bertz CT molecular complexity index is 439. The van der Waals surface area contributed by atoms with Crippen molar-refractivity contribution < 1.29 is 4.21 Å². The van der Waals surface area contributed by atoms with Gasteiger partial charge in [0.2, 0.25) is 0 Å². The van der Waals surface area contributed by atoms with Crippen LogP contribution in [-0.4, -0.2) is 15.5 Å². The Morgan fingerprint density at radius 3 is 2.05 bits per heavy atom. The number of nitrogens with two attached hydrogens (primary N) is 1. The van der Waals surface area contributed by atoms with Gasteiger partial charge in [-0.15, -0.1) is 0 Å². The summed E-state index contributed by atoms with van der Waals surface area (Å²) >= 11 is 0. The summed E-state index contributed by atoms with van der Waals surface area (Å²) in [7, 11) is -0.875. The average Bonchev–Trinajstić information content (AvgIpc) is 2.38. The van der Waals surface area contributed by atoms with E-state index in [0.29, 0.717) is 11.3 Å². The zero-order valence-corrected chi connectivity index (χ0v) is 13.0. The number of benzene rings is 1. The zero-order chi connectivity index (χ0) is 14.0. The molecule has 1 aliphatic rings. The van der Waals surface area contributed by atoms with E-state index in [2.05, 4.69) is 32.9 Å². The second kappa shape index (κ2) is 5.76. The molecule has 2 N–H and O–H groups in total. The molecule has 2 rings (SSSR count). The van der Waals surface area contributed by atoms with Gasteiger partial charge in [-0.1, -0.05) is 32.9 Å². The third kappa shape index (κ3) is 3.67. The molecule has 0 bridgehead atoms. The van der Waals surface area contributed by atoms with Crippen LogP contribution >= 0.6 is 0 Å². The monoisotopic (exact) mass is 279 g/mol. The standard InChI is InChI=1S/C16H25NOS/c1-16(2,3)12-4-8-14(9-5-12)19(18)15-10-6-13(17)7-11-15/h4-5,8-9,13,15H,6-7,10-11,17H2,1-3H3. The lowest BCUT2D eigenvalue weighted by molar-refractivity contribution is 0.444. The van der Waals surface area contributed by atoms with Gasteiger partial charge in [0.05, 0.1) is 10.8 Å². The highest BCUT2D eigenvalue weighted by Crippen LogP contribution is 2.27. The molecule has 2 nitrogen and oxygen atoms in total. The van der Waals surface area contributed by atoms with Gasteiger partial charge >= 0.3 is 0 Å². The lowest BCUT2D eigenvalue weighted by Crippen LogP contribution is -2.31. The largest absolute Gasteiger partial charge is 0.328 e. The minimum absolute atomic E-state index is 0.150. The van der Waals surface area contributed by atoms with Crippen LogP contribution in [0.1, 0.15) is 52.0 Å². The summed E-state index contributed by atoms with van der Waals surface area (Å²) < 4.78 is 12.5. The molecule has 0 radical (unpaired) electrons. The Balaban J connectivity index is 2.08. The number of hydrogen-bond acceptors (Lipinski definition) is 2. The topological polar surface area (TPSA) is 43.1 Å². The molecule has 0 amide bonds. The molecule has 19 heavy (non-hydrogen) atoms. The summed E-state index contributed by atoms with van der Waals surface area (Å²) in [5, 5.41) is 0.292. The van der Waals surface area contributed by atoms with Crippen LogP contribution in [0.2, 0.25) is 0 Å². The van der Waals surface area contributed by atoms with Gasteiger partial charge in [0.15, 0.2) is 0 Å². The van der Waals surface area contributed by atoms with Gasteiger partial charge in [0, 0.05) is 16.2 Å². The molecule has 1 unspecified atom stereocenters. The summed E-state index contributed by atoms with van der Waals surface area (Å²) in [5.74, 6) is 0. The van der Waals surface area contributed by atoms with Gasteiger partial charge in [-0.2, -0.15) is 0 Å². The van der Waals surface area contributed by atoms with Gasteiger partial charge < -0.3 is 5.73 Å². The van der Waals surface area contributed by atoms with E-state index in [1.165, 1.54) is 5.56 Å². The van der Waals surface area contributed by atoms with E-state index < -0.39 is 10.8 Å². The second-order valence-electron chi connectivity index (χ2n) is 6.61. The van der Waals surface area contributed by atoms with Gasteiger partial charge in [-0.05, 0) is 48.8 Å². The van der Waals surface area contributed by atoms with Crippen molar-refractivity contribution in [3.63, 3.8) is 0 Å². The molecule has 0 heterocycles. The summed E-state index contributed by atoms with van der Waals surface area (Å²) in [5.41, 5.74) is 7.35. The molecular formula is C16H25NOS. The normalized spacial score (nSPS) is 26.1. The molecule has 0 aromatic heterocycles. The first-order chi connectivity index (χ1) is 8.88. The van der Waals surface area contributed by atoms with E-state index in [1.807, 2.05) is 12.1 Å². The van der Waals surface area contributed by atoms with E-state index >= 15 is 0 Å². The molecule has 1 aromatic carbocycles. The summed E-state index contributed by atoms with van der Waals surface area (Å²) in [6.07, 6.45) is 4.01. The fourth-order valence-corrected chi connectivity index (χ4v) is 4.07. The first-order valence-corrected chi connectivity index (χ1v) is 8.36. The van der Waals surface area contributed by atoms with Crippen LogP contribution in [-0.2, 0) is 16.2 Å². The Hall–Kier alpha value is -0.670. The van der Waals surface area contributed by atoms with Gasteiger partial charge in [0.25, 0.3) is 0 Å². The van der Waals surface area contributed by atoms with E-state index in [-0.39, 0.29) is 5.41 Å². The highest BCUT2D eigenvalue weighted by molar-refractivity contribution is 7.85. The molecule has 1 aliphatic carbocycles. The van der Waals surface area contributed by atoms with Crippen LogP contribution in [0, 0.1) is 0 Å². The molecule has 0 aliphatic heterocycles. The highest BCUT2D eigenvalue weighted by Gasteiger charge is 2.24. The molecule has 1 fully saturated rings. The third-order valence-corrected chi connectivity index (χ3v) is 5.79. The molecule has 1 atom stereocenters. The van der Waals surface area contributed by atoms with Gasteiger partial charge in [-0.3, -0.25) is 4.21 Å². The smallest absolute Gasteiger partial charge is 0.0560 e. The van der Waals surface area contributed by atoms with Crippen LogP contribution in [0.25, 0.3) is 0 Å². The lowest BCUT2D eigenvalue weighted by atomic mass is 9.87. The first kappa shape index (κ1) is 14.7. The van der Waals surface area contributed by atoms with Crippen molar-refractivity contribution in [2.75, 3.05) is 0 Å². The minimum Gasteiger partial charge on any atom is -0.328 e. The number of rotatable bonds is 2. The maximum atomic E-state index is 12.5. The molecule has 106 valence electrons. The van der Waals surface area contributed by atoms with Crippen LogP contribution in [0.4, 0.5) is 0 Å². The predicted molar refractivity (Wildman–Crippen MR) is 81.8 cm³/mol. The lowest BCUT2D eigenvalue weighted by Gasteiger charge is -2.25. The fourth-order valence-electron chi connectivity index (χ4n) is 2.58. The van der Waals surface area contributed by atoms with Crippen molar-refractivity contribution in [1.82, 2.24) is 0 Å². The quantitative estimate of drug-likeness (QED) is 0.902. The van der Waals surface area contributed by atoms with E-state index in [0.717, 1.165) is 30.6 Å². The Morgan fingerprint density at radius 1 is 1.05 bits per heavy atom. The first-order valence-electron chi connectivity index (χ1n) is 7.14. The zero-order valence-electron chi connectivity index (χ0n) is 12.2. The van der Waals surface area contributed by atoms with Crippen LogP contribution in [0.15, 0.2) is 29.2 Å². The molecule has 1 aromatic rings. The average molecular weight is 279 g/mol. The summed E-state index contributed by atoms with van der Waals surface area (Å²) in [6, 6.07) is 8.61. The fraction of sp³-hybridized carbons (Fsp3) is 0.625. The number of hydrogen-bond donors (Lipinski definition) is 1. The van der Waals surface area contributed by atoms with Crippen molar-refractivity contribution >= 4 is 10.8 Å². The van der Waals surface area contributed by atoms with E-state index in [1.54, 1.807) is 0 Å². The minimum atomic E-state index is -0.875. The predicted octanol–water partition coefficient (Wildman–Crippen LogP) is 3.36. The van der Waals surface area contributed by atoms with Gasteiger partial charge in [0.1, 0.15) is 0 Å². The van der Waals surface area contributed by atoms with Crippen LogP contribution in [0.3, 0.4) is 0 Å². The van der Waals surface area contributed by atoms with Crippen LogP contribution in [0.5, 0.6) is 0 Å². The summed E-state index contributed by atoms with van der Waals surface area (Å²) in [4.78, 5) is 0.966. The molecule has 1 saturated carbocycles. The van der Waals surface area contributed by atoms with Crippen molar-refractivity contribution in [2.45, 2.75) is 68.1 Å². The van der Waals surface area contributed by atoms with Gasteiger partial charge in [-0.25, -0.2) is 0 Å². The van der Waals surface area contributed by atoms with Crippen molar-refractivity contribution in [1.29, 1.82) is 0 Å². The molecular weight excluding hydrogens is 254 g/mol. The molecule has 3 heteroatoms. The van der Waals surface area contributed by atoms with Crippen LogP contribution < -0.4 is 5.73 Å². The maximum Gasteiger partial charge on any atom is 0.0560 e. The van der Waals surface area contributed by atoms with Crippen molar-refractivity contribution in [2.24, 2.45) is 5.73 Å². The SMILES string of the molecule is CC(C)(C)c1ccc(S(=O)C2CCC(N)CC2)cc1. The Morgan fingerprint density at radius 2 is 1.58 bits per heavy atom. The Labute approximate surface area is 119 Å². The maximum absolute atomic E-state index is 12.5. The Kier molecular flexibility index (Phi) is 4.46. The van der Waals surface area contributed by atoms with Crippen molar-refractivity contribution in [3.8, 4) is 0 Å².